The van der Waals surface area contributed by atoms with Gasteiger partial charge < -0.3 is 10.4 Å². The molecule has 0 bridgehead atoms. The molecule has 0 aliphatic heterocycles. The molecule has 2 unspecified atom stereocenters. The molecule has 1 aromatic carbocycles. The topological polar surface area (TPSA) is 66.4 Å². The number of hydrogen-bond donors (Lipinski definition) is 2. The van der Waals surface area contributed by atoms with E-state index < -0.39 is 17.6 Å². The third-order valence-corrected chi connectivity index (χ3v) is 4.91. The maximum absolute atomic E-state index is 13.7. The second-order valence-corrected chi connectivity index (χ2v) is 6.51. The lowest BCUT2D eigenvalue weighted by molar-refractivity contribution is -0.142. The number of nitrogens with one attached hydrogen (secondary N) is 1. The highest BCUT2D eigenvalue weighted by Crippen LogP contribution is 2.48. The molecule has 2 N–H and O–H groups in total. The number of halogens is 2. The normalized spacial score (nSPS) is 29.8. The molecule has 0 spiro atoms. The molecular weight excluding hydrogens is 304 g/mol. The van der Waals surface area contributed by atoms with Crippen LogP contribution in [0.25, 0.3) is 0 Å². The zero-order valence-electron chi connectivity index (χ0n) is 12.6. The van der Waals surface area contributed by atoms with Crippen molar-refractivity contribution < 1.29 is 23.5 Å². The summed E-state index contributed by atoms with van der Waals surface area (Å²) in [6.07, 6.45) is 3.02. The Morgan fingerprint density at radius 1 is 1.13 bits per heavy atom. The summed E-state index contributed by atoms with van der Waals surface area (Å²) in [5.41, 5.74) is 0.390. The van der Waals surface area contributed by atoms with E-state index in [-0.39, 0.29) is 29.7 Å². The second-order valence-electron chi connectivity index (χ2n) is 6.51. The van der Waals surface area contributed by atoms with E-state index in [1.54, 1.807) is 0 Å². The summed E-state index contributed by atoms with van der Waals surface area (Å²) in [6, 6.07) is 3.45. The van der Waals surface area contributed by atoms with E-state index in [9.17, 15) is 18.4 Å². The monoisotopic (exact) mass is 323 g/mol. The van der Waals surface area contributed by atoms with Crippen molar-refractivity contribution in [1.29, 1.82) is 0 Å². The van der Waals surface area contributed by atoms with Gasteiger partial charge in [0.2, 0.25) is 5.91 Å². The summed E-state index contributed by atoms with van der Waals surface area (Å²) in [5, 5.41) is 11.9. The fourth-order valence-electron chi connectivity index (χ4n) is 3.42. The molecule has 2 aliphatic carbocycles. The molecule has 0 aromatic heterocycles. The van der Waals surface area contributed by atoms with Crippen LogP contribution in [0.3, 0.4) is 0 Å². The maximum atomic E-state index is 13.7. The minimum atomic E-state index is -0.774. The molecule has 2 atom stereocenters. The van der Waals surface area contributed by atoms with Crippen LogP contribution in [0, 0.1) is 23.5 Å². The summed E-state index contributed by atoms with van der Waals surface area (Å²) in [6.45, 7) is 0. The van der Waals surface area contributed by atoms with Gasteiger partial charge in [0.25, 0.3) is 0 Å². The van der Waals surface area contributed by atoms with Gasteiger partial charge in [-0.15, -0.1) is 0 Å². The maximum Gasteiger partial charge on any atom is 0.306 e. The molecule has 23 heavy (non-hydrogen) atoms. The predicted octanol–water partition coefficient (Wildman–Crippen LogP) is 2.83. The van der Waals surface area contributed by atoms with Crippen molar-refractivity contribution in [3.8, 4) is 0 Å². The van der Waals surface area contributed by atoms with Crippen LogP contribution >= 0.6 is 0 Å². The van der Waals surface area contributed by atoms with E-state index in [0.29, 0.717) is 37.7 Å². The summed E-state index contributed by atoms with van der Waals surface area (Å²) in [7, 11) is 0. The van der Waals surface area contributed by atoms with Gasteiger partial charge in [-0.1, -0.05) is 6.07 Å². The summed E-state index contributed by atoms with van der Waals surface area (Å²) >= 11 is 0. The van der Waals surface area contributed by atoms with Crippen molar-refractivity contribution in [1.82, 2.24) is 5.32 Å². The molecule has 1 amide bonds. The van der Waals surface area contributed by atoms with E-state index in [1.807, 2.05) is 0 Å². The van der Waals surface area contributed by atoms with Crippen LogP contribution in [0.1, 0.15) is 43.6 Å². The number of amides is 1. The lowest BCUT2D eigenvalue weighted by atomic mass is 9.86. The van der Waals surface area contributed by atoms with Crippen LogP contribution < -0.4 is 5.32 Å². The Morgan fingerprint density at radius 2 is 1.83 bits per heavy atom. The molecular formula is C17H19F2NO3. The Hall–Kier alpha value is -1.98. The quantitative estimate of drug-likeness (QED) is 0.895. The van der Waals surface area contributed by atoms with Gasteiger partial charge in [0.15, 0.2) is 0 Å². The summed E-state index contributed by atoms with van der Waals surface area (Å²) in [4.78, 5) is 23.1. The lowest BCUT2D eigenvalue weighted by Gasteiger charge is -2.26. The van der Waals surface area contributed by atoms with Crippen molar-refractivity contribution >= 4 is 11.9 Å². The third kappa shape index (κ3) is 3.51. The number of benzene rings is 1. The zero-order valence-corrected chi connectivity index (χ0v) is 12.6. The minimum absolute atomic E-state index is 0.00239. The Morgan fingerprint density at radius 3 is 2.43 bits per heavy atom. The van der Waals surface area contributed by atoms with Gasteiger partial charge in [-0.25, -0.2) is 8.78 Å². The first-order valence-electron chi connectivity index (χ1n) is 7.94. The molecule has 2 saturated carbocycles. The molecule has 124 valence electrons. The number of carbonyl (C=O) groups is 2. The number of hydrogen-bond acceptors (Lipinski definition) is 2. The Kier molecular flexibility index (Phi) is 4.33. The molecule has 2 aliphatic rings. The summed E-state index contributed by atoms with van der Waals surface area (Å²) in [5.74, 6) is -2.89. The number of carboxylic acid groups (broad SMARTS) is 1. The summed E-state index contributed by atoms with van der Waals surface area (Å²) < 4.78 is 26.7. The predicted molar refractivity (Wildman–Crippen MR) is 78.7 cm³/mol. The fraction of sp³-hybridized carbons (Fsp3) is 0.529. The van der Waals surface area contributed by atoms with Crippen molar-refractivity contribution in [2.24, 2.45) is 11.8 Å². The van der Waals surface area contributed by atoms with Crippen LogP contribution in [0.2, 0.25) is 0 Å². The van der Waals surface area contributed by atoms with Gasteiger partial charge in [0, 0.05) is 18.0 Å². The highest BCUT2D eigenvalue weighted by atomic mass is 19.1. The fourth-order valence-corrected chi connectivity index (χ4v) is 3.42. The van der Waals surface area contributed by atoms with Gasteiger partial charge >= 0.3 is 5.97 Å². The van der Waals surface area contributed by atoms with E-state index >= 15 is 0 Å². The van der Waals surface area contributed by atoms with Crippen LogP contribution in [0.4, 0.5) is 8.78 Å². The van der Waals surface area contributed by atoms with E-state index in [4.69, 9.17) is 5.11 Å². The van der Waals surface area contributed by atoms with Crippen molar-refractivity contribution in [3.63, 3.8) is 0 Å². The van der Waals surface area contributed by atoms with E-state index in [1.165, 1.54) is 12.1 Å². The van der Waals surface area contributed by atoms with Gasteiger partial charge in [-0.05, 0) is 49.7 Å². The molecule has 6 heteroatoms. The number of rotatable bonds is 4. The number of aliphatic carboxylic acids is 1. The second kappa shape index (κ2) is 6.26. The number of carboxylic acids is 1. The highest BCUT2D eigenvalue weighted by Gasteiger charge is 2.45. The molecule has 1 aromatic rings. The highest BCUT2D eigenvalue weighted by molar-refractivity contribution is 5.83. The molecule has 0 saturated heterocycles. The largest absolute Gasteiger partial charge is 0.481 e. The lowest BCUT2D eigenvalue weighted by Crippen LogP contribution is -2.39. The Bertz CT molecular complexity index is 626. The van der Waals surface area contributed by atoms with Gasteiger partial charge in [-0.2, -0.15) is 0 Å². The smallest absolute Gasteiger partial charge is 0.306 e. The Balaban J connectivity index is 1.52. The Labute approximate surface area is 132 Å². The molecule has 2 fully saturated rings. The van der Waals surface area contributed by atoms with Gasteiger partial charge in [-0.3, -0.25) is 9.59 Å². The van der Waals surface area contributed by atoms with Crippen LogP contribution in [0.15, 0.2) is 18.2 Å². The van der Waals surface area contributed by atoms with E-state index in [2.05, 4.69) is 5.32 Å². The van der Waals surface area contributed by atoms with Crippen LogP contribution in [0.5, 0.6) is 0 Å². The first kappa shape index (κ1) is 15.9. The van der Waals surface area contributed by atoms with Crippen molar-refractivity contribution in [3.05, 3.63) is 35.4 Å². The van der Waals surface area contributed by atoms with Crippen LogP contribution in [-0.2, 0) is 9.59 Å². The third-order valence-electron chi connectivity index (χ3n) is 4.91. The van der Waals surface area contributed by atoms with Crippen molar-refractivity contribution in [2.45, 2.75) is 44.1 Å². The van der Waals surface area contributed by atoms with Crippen LogP contribution in [-0.4, -0.2) is 23.0 Å². The zero-order chi connectivity index (χ0) is 16.6. The molecule has 4 nitrogen and oxygen atoms in total. The molecule has 0 heterocycles. The van der Waals surface area contributed by atoms with E-state index in [0.717, 1.165) is 6.07 Å². The van der Waals surface area contributed by atoms with Crippen molar-refractivity contribution in [2.75, 3.05) is 0 Å². The molecule has 0 radical (unpaired) electrons. The average molecular weight is 323 g/mol. The number of carbonyl (C=O) groups excluding carboxylic acids is 1. The first-order chi connectivity index (χ1) is 11.0. The minimum Gasteiger partial charge on any atom is -0.481 e. The standard InChI is InChI=1S/C17H19F2NO3/c18-10-3-6-12(15(19)7-10)13-8-14(13)16(21)20-11-4-1-9(2-5-11)17(22)23/h3,6-7,9,11,13-14H,1-2,4-5,8H2,(H,20,21)(H,22,23). The average Bonchev–Trinajstić information content (AvgIpc) is 3.28. The van der Waals surface area contributed by atoms with Gasteiger partial charge in [0.05, 0.1) is 5.92 Å². The van der Waals surface area contributed by atoms with Gasteiger partial charge in [0.1, 0.15) is 11.6 Å². The SMILES string of the molecule is O=C(O)C1CCC(NC(=O)C2CC2c2ccc(F)cc2F)CC1. The molecule has 3 rings (SSSR count). The first-order valence-corrected chi connectivity index (χ1v) is 7.94.